The summed E-state index contributed by atoms with van der Waals surface area (Å²) in [4.78, 5) is 21.8. The number of hydrogen-bond acceptors (Lipinski definition) is 7. The number of nitrogens with zero attached hydrogens (tertiary/aromatic N) is 4. The Morgan fingerprint density at radius 2 is 1.93 bits per heavy atom. The van der Waals surface area contributed by atoms with E-state index in [1.807, 2.05) is 42.5 Å². The number of hydrogen-bond donors (Lipinski definition) is 0. The van der Waals surface area contributed by atoms with Crippen molar-refractivity contribution in [2.24, 2.45) is 0 Å². The lowest BCUT2D eigenvalue weighted by Crippen LogP contribution is -2.31. The van der Waals surface area contributed by atoms with E-state index in [1.165, 1.54) is 7.11 Å². The number of halogens is 1. The van der Waals surface area contributed by atoms with Crippen molar-refractivity contribution in [2.75, 3.05) is 13.7 Å². The number of carbonyl (C=O) groups is 1. The molecule has 3 aromatic carbocycles. The summed E-state index contributed by atoms with van der Waals surface area (Å²) >= 11 is 2.22. The fourth-order valence-electron chi connectivity index (χ4n) is 4.91. The number of methoxy groups -OCH3 is 1. The standard InChI is InChI=1S/C33H27IN4O4/c1-40-33(39)24-11-12-29-30(17-24)38(19-26-13-14-41-26)31(36-29)16-21-5-8-23(9-6-21)28-3-2-4-32(37-28)42-20-25-10-7-22(18-35)15-27(25)34/h2-12,15,17,26H,13-14,16,19-20H2,1H3/t26-/m0/s1. The molecule has 1 fully saturated rings. The summed E-state index contributed by atoms with van der Waals surface area (Å²) in [6.45, 7) is 1.83. The minimum atomic E-state index is -0.367. The number of imidazole rings is 1. The quantitative estimate of drug-likeness (QED) is 0.134. The van der Waals surface area contributed by atoms with Gasteiger partial charge >= 0.3 is 5.97 Å². The number of pyridine rings is 1. The Labute approximate surface area is 257 Å². The average molecular weight is 671 g/mol. The highest BCUT2D eigenvalue weighted by Gasteiger charge is 2.22. The maximum Gasteiger partial charge on any atom is 0.337 e. The zero-order valence-electron chi connectivity index (χ0n) is 22.9. The second-order valence-electron chi connectivity index (χ2n) is 10.1. The van der Waals surface area contributed by atoms with Gasteiger partial charge in [0.25, 0.3) is 0 Å². The van der Waals surface area contributed by atoms with Gasteiger partial charge in [-0.15, -0.1) is 0 Å². The normalized spacial score (nSPS) is 14.3. The van der Waals surface area contributed by atoms with Crippen LogP contribution in [-0.2, 0) is 29.0 Å². The predicted molar refractivity (Wildman–Crippen MR) is 166 cm³/mol. The van der Waals surface area contributed by atoms with Crippen molar-refractivity contribution in [3.8, 4) is 23.2 Å². The molecular formula is C33H27IN4O4. The summed E-state index contributed by atoms with van der Waals surface area (Å²) in [5.41, 5.74) is 6.78. The lowest BCUT2D eigenvalue weighted by atomic mass is 10.1. The monoisotopic (exact) mass is 670 g/mol. The van der Waals surface area contributed by atoms with E-state index in [2.05, 4.69) is 57.5 Å². The first-order valence-corrected chi connectivity index (χ1v) is 14.7. The second kappa shape index (κ2) is 12.3. The molecule has 0 aliphatic carbocycles. The van der Waals surface area contributed by atoms with Crippen LogP contribution in [0.25, 0.3) is 22.3 Å². The molecule has 3 heterocycles. The lowest BCUT2D eigenvalue weighted by Gasteiger charge is -2.27. The van der Waals surface area contributed by atoms with Gasteiger partial charge in [0.1, 0.15) is 12.4 Å². The largest absolute Gasteiger partial charge is 0.473 e. The summed E-state index contributed by atoms with van der Waals surface area (Å²) in [5, 5.41) is 9.09. The Bertz CT molecular complexity index is 1810. The van der Waals surface area contributed by atoms with Crippen LogP contribution in [0.15, 0.2) is 78.9 Å². The predicted octanol–water partition coefficient (Wildman–Crippen LogP) is 6.32. The van der Waals surface area contributed by atoms with Crippen LogP contribution in [0.3, 0.4) is 0 Å². The molecule has 42 heavy (non-hydrogen) atoms. The number of esters is 1. The summed E-state index contributed by atoms with van der Waals surface area (Å²) in [7, 11) is 1.39. The highest BCUT2D eigenvalue weighted by atomic mass is 127. The molecular weight excluding hydrogens is 643 g/mol. The molecule has 0 amide bonds. The van der Waals surface area contributed by atoms with Gasteiger partial charge in [0.05, 0.1) is 53.7 Å². The van der Waals surface area contributed by atoms with Crippen LogP contribution in [0.5, 0.6) is 5.88 Å². The summed E-state index contributed by atoms with van der Waals surface area (Å²) in [5.74, 6) is 1.09. The smallest absolute Gasteiger partial charge is 0.337 e. The zero-order valence-corrected chi connectivity index (χ0v) is 25.1. The van der Waals surface area contributed by atoms with Crippen LogP contribution >= 0.6 is 22.6 Å². The van der Waals surface area contributed by atoms with Gasteiger partial charge in [-0.1, -0.05) is 36.4 Å². The van der Waals surface area contributed by atoms with Crippen molar-refractivity contribution in [2.45, 2.75) is 32.1 Å². The zero-order chi connectivity index (χ0) is 29.1. The lowest BCUT2D eigenvalue weighted by molar-refractivity contribution is -0.0589. The van der Waals surface area contributed by atoms with Crippen LogP contribution in [-0.4, -0.2) is 40.3 Å². The van der Waals surface area contributed by atoms with Crippen molar-refractivity contribution in [1.29, 1.82) is 5.26 Å². The first-order chi connectivity index (χ1) is 20.5. The van der Waals surface area contributed by atoms with E-state index in [0.717, 1.165) is 55.8 Å². The van der Waals surface area contributed by atoms with Gasteiger partial charge in [0.2, 0.25) is 5.88 Å². The molecule has 210 valence electrons. The van der Waals surface area contributed by atoms with Crippen LogP contribution in [0.4, 0.5) is 0 Å². The maximum atomic E-state index is 12.2. The van der Waals surface area contributed by atoms with Gasteiger partial charge in [-0.2, -0.15) is 5.26 Å². The molecule has 5 aromatic rings. The molecule has 2 aromatic heterocycles. The number of aromatic nitrogens is 3. The Morgan fingerprint density at radius 1 is 1.10 bits per heavy atom. The third-order valence-corrected chi connectivity index (χ3v) is 8.33. The Kier molecular flexibility index (Phi) is 8.17. The maximum absolute atomic E-state index is 12.2. The third kappa shape index (κ3) is 6.00. The van der Waals surface area contributed by atoms with E-state index < -0.39 is 0 Å². The highest BCUT2D eigenvalue weighted by Crippen LogP contribution is 2.26. The molecule has 0 N–H and O–H groups in total. The molecule has 0 spiro atoms. The molecule has 1 atom stereocenters. The van der Waals surface area contributed by atoms with Crippen molar-refractivity contribution >= 4 is 39.6 Å². The minimum absolute atomic E-state index is 0.145. The second-order valence-corrected chi connectivity index (χ2v) is 11.2. The number of rotatable bonds is 9. The fraction of sp³-hybridized carbons (Fsp3) is 0.212. The van der Waals surface area contributed by atoms with Crippen LogP contribution in [0.1, 0.15) is 39.3 Å². The van der Waals surface area contributed by atoms with E-state index >= 15 is 0 Å². The minimum Gasteiger partial charge on any atom is -0.473 e. The number of carbonyl (C=O) groups excluding carboxylic acids is 1. The molecule has 0 radical (unpaired) electrons. The molecule has 8 nitrogen and oxygen atoms in total. The van der Waals surface area contributed by atoms with E-state index in [4.69, 9.17) is 29.4 Å². The first kappa shape index (κ1) is 27.9. The van der Waals surface area contributed by atoms with E-state index in [1.54, 1.807) is 12.1 Å². The van der Waals surface area contributed by atoms with Gasteiger partial charge < -0.3 is 18.8 Å². The van der Waals surface area contributed by atoms with E-state index in [0.29, 0.717) is 36.6 Å². The van der Waals surface area contributed by atoms with Crippen molar-refractivity contribution < 1.29 is 19.0 Å². The Morgan fingerprint density at radius 3 is 2.64 bits per heavy atom. The molecule has 6 rings (SSSR count). The Hall–Kier alpha value is -4.27. The molecule has 0 saturated carbocycles. The van der Waals surface area contributed by atoms with Gasteiger partial charge in [-0.05, 0) is 71.0 Å². The summed E-state index contributed by atoms with van der Waals surface area (Å²) in [6.07, 6.45) is 1.79. The van der Waals surface area contributed by atoms with Gasteiger partial charge in [-0.3, -0.25) is 0 Å². The SMILES string of the molecule is COC(=O)c1ccc2nc(Cc3ccc(-c4cccc(OCc5ccc(C#N)cc5I)n4)cc3)n(C[C@@H]3CCO3)c2c1. The summed E-state index contributed by atoms with van der Waals surface area (Å²) < 4.78 is 19.8. The van der Waals surface area contributed by atoms with Crippen molar-refractivity contribution in [3.05, 3.63) is 111 Å². The van der Waals surface area contributed by atoms with Gasteiger partial charge in [0, 0.05) is 33.8 Å². The molecule has 1 saturated heterocycles. The van der Waals surface area contributed by atoms with Crippen molar-refractivity contribution in [3.63, 3.8) is 0 Å². The van der Waals surface area contributed by atoms with Crippen LogP contribution < -0.4 is 4.74 Å². The number of benzene rings is 3. The number of fused-ring (bicyclic) bond motifs is 1. The molecule has 0 bridgehead atoms. The average Bonchev–Trinajstić information content (AvgIpc) is 3.34. The molecule has 1 aliphatic heterocycles. The van der Waals surface area contributed by atoms with Crippen molar-refractivity contribution in [1.82, 2.24) is 14.5 Å². The van der Waals surface area contributed by atoms with E-state index in [-0.39, 0.29) is 12.1 Å². The molecule has 1 aliphatic rings. The first-order valence-electron chi connectivity index (χ1n) is 13.6. The molecule has 0 unspecified atom stereocenters. The van der Waals surface area contributed by atoms with Crippen LogP contribution in [0.2, 0.25) is 0 Å². The fourth-order valence-corrected chi connectivity index (χ4v) is 5.58. The highest BCUT2D eigenvalue weighted by molar-refractivity contribution is 14.1. The molecule has 9 heteroatoms. The van der Waals surface area contributed by atoms with Gasteiger partial charge in [-0.25, -0.2) is 14.8 Å². The van der Waals surface area contributed by atoms with Crippen LogP contribution in [0, 0.1) is 14.9 Å². The third-order valence-electron chi connectivity index (χ3n) is 7.32. The topological polar surface area (TPSA) is 99.3 Å². The number of ether oxygens (including phenoxy) is 3. The Balaban J connectivity index is 1.20. The summed E-state index contributed by atoms with van der Waals surface area (Å²) in [6, 6.07) is 27.2. The van der Waals surface area contributed by atoms with E-state index in [9.17, 15) is 4.79 Å². The number of nitriles is 1. The van der Waals surface area contributed by atoms with Gasteiger partial charge in [0.15, 0.2) is 0 Å².